The van der Waals surface area contributed by atoms with Crippen LogP contribution >= 0.6 is 0 Å². The first-order chi connectivity index (χ1) is 12.3. The number of hydrogen-bond acceptors (Lipinski definition) is 1. The molecule has 0 heterocycles. The van der Waals surface area contributed by atoms with Gasteiger partial charge in [0.1, 0.15) is 0 Å². The van der Waals surface area contributed by atoms with Gasteiger partial charge in [-0.3, -0.25) is 4.90 Å². The highest BCUT2D eigenvalue weighted by molar-refractivity contribution is 5.18. The van der Waals surface area contributed by atoms with E-state index < -0.39 is 0 Å². The molecule has 0 aliphatic heterocycles. The van der Waals surface area contributed by atoms with Gasteiger partial charge in [-0.25, -0.2) is 0 Å². The van der Waals surface area contributed by atoms with E-state index in [0.717, 1.165) is 19.0 Å². The number of nitrogens with zero attached hydrogens (tertiary/aromatic N) is 1. The Hall–Kier alpha value is -1.86. The average Bonchev–Trinajstić information content (AvgIpc) is 2.68. The molecule has 0 radical (unpaired) electrons. The summed E-state index contributed by atoms with van der Waals surface area (Å²) in [6.45, 7) is 4.32. The Bertz CT molecular complexity index is 584. The van der Waals surface area contributed by atoms with Gasteiger partial charge in [0, 0.05) is 19.1 Å². The van der Waals surface area contributed by atoms with Gasteiger partial charge in [-0.2, -0.15) is 0 Å². The highest BCUT2D eigenvalue weighted by Crippen LogP contribution is 2.25. The quantitative estimate of drug-likeness (QED) is 0.544. The Kier molecular flexibility index (Phi) is 6.88. The minimum atomic E-state index is 0.447. The lowest BCUT2D eigenvalue weighted by molar-refractivity contribution is 0.222. The molecule has 1 fully saturated rings. The number of rotatable bonds is 7. The normalized spacial score (nSPS) is 17.2. The molecule has 1 aliphatic rings. The van der Waals surface area contributed by atoms with Crippen molar-refractivity contribution >= 4 is 0 Å². The zero-order chi connectivity index (χ0) is 17.3. The molecule has 0 aromatic heterocycles. The van der Waals surface area contributed by atoms with Crippen LogP contribution in [0.4, 0.5) is 0 Å². The summed E-state index contributed by atoms with van der Waals surface area (Å²) in [7, 11) is 0. The highest BCUT2D eigenvalue weighted by Gasteiger charge is 2.15. The standard InChI is InChI=1S/C24H31N/c1-21(17-18-22-11-5-2-6-12-22)25(19-23-13-7-3-8-14-23)20-24-15-9-4-10-16-24/h3-4,7-10,13-18,21-22H,2,5-6,11-12,19-20H2,1H3/b18-17+. The van der Waals surface area contributed by atoms with E-state index >= 15 is 0 Å². The molecule has 1 aliphatic carbocycles. The Labute approximate surface area is 153 Å². The largest absolute Gasteiger partial charge is 0.289 e. The molecule has 0 saturated heterocycles. The molecule has 1 heteroatoms. The van der Waals surface area contributed by atoms with Crippen LogP contribution in [-0.2, 0) is 13.1 Å². The molecule has 1 nitrogen and oxygen atoms in total. The Morgan fingerprint density at radius 1 is 0.840 bits per heavy atom. The van der Waals surface area contributed by atoms with Crippen molar-refractivity contribution in [2.45, 2.75) is 58.2 Å². The first-order valence-corrected chi connectivity index (χ1v) is 9.81. The maximum atomic E-state index is 2.57. The highest BCUT2D eigenvalue weighted by atomic mass is 15.1. The van der Waals surface area contributed by atoms with Crippen LogP contribution in [0.25, 0.3) is 0 Å². The van der Waals surface area contributed by atoms with Crippen molar-refractivity contribution in [3.8, 4) is 0 Å². The number of hydrogen-bond donors (Lipinski definition) is 0. The predicted molar refractivity (Wildman–Crippen MR) is 107 cm³/mol. The van der Waals surface area contributed by atoms with Crippen molar-refractivity contribution < 1.29 is 0 Å². The lowest BCUT2D eigenvalue weighted by atomic mass is 9.89. The van der Waals surface area contributed by atoms with Crippen LogP contribution in [0.15, 0.2) is 72.8 Å². The fourth-order valence-corrected chi connectivity index (χ4v) is 3.75. The van der Waals surface area contributed by atoms with Gasteiger partial charge in [0.2, 0.25) is 0 Å². The van der Waals surface area contributed by atoms with E-state index in [0.29, 0.717) is 6.04 Å². The summed E-state index contributed by atoms with van der Waals surface area (Å²) in [5, 5.41) is 0. The van der Waals surface area contributed by atoms with Crippen LogP contribution in [-0.4, -0.2) is 10.9 Å². The molecule has 1 saturated carbocycles. The summed E-state index contributed by atoms with van der Waals surface area (Å²) in [4.78, 5) is 2.57. The van der Waals surface area contributed by atoms with E-state index in [1.807, 2.05) is 0 Å². The third-order valence-corrected chi connectivity index (χ3v) is 5.34. The third kappa shape index (κ3) is 5.86. The summed E-state index contributed by atoms with van der Waals surface area (Å²) in [5.41, 5.74) is 2.77. The van der Waals surface area contributed by atoms with Crippen LogP contribution in [0, 0.1) is 5.92 Å². The predicted octanol–water partition coefficient (Wildman–Crippen LogP) is 6.21. The topological polar surface area (TPSA) is 3.24 Å². The SMILES string of the molecule is CC(/C=C/C1CCCCC1)N(Cc1ccccc1)Cc1ccccc1. The van der Waals surface area contributed by atoms with E-state index in [1.54, 1.807) is 0 Å². The minimum absolute atomic E-state index is 0.447. The lowest BCUT2D eigenvalue weighted by Gasteiger charge is -2.28. The van der Waals surface area contributed by atoms with Gasteiger partial charge >= 0.3 is 0 Å². The molecule has 1 atom stereocenters. The molecule has 1 unspecified atom stereocenters. The first-order valence-electron chi connectivity index (χ1n) is 9.81. The van der Waals surface area contributed by atoms with Crippen LogP contribution in [0.2, 0.25) is 0 Å². The lowest BCUT2D eigenvalue weighted by Crippen LogP contribution is -2.31. The second-order valence-corrected chi connectivity index (χ2v) is 7.40. The second-order valence-electron chi connectivity index (χ2n) is 7.40. The Morgan fingerprint density at radius 2 is 1.36 bits per heavy atom. The maximum Gasteiger partial charge on any atom is 0.0257 e. The van der Waals surface area contributed by atoms with Gasteiger partial charge in [0.05, 0.1) is 0 Å². The Balaban J connectivity index is 1.68. The molecule has 3 rings (SSSR count). The molecule has 0 N–H and O–H groups in total. The molecule has 132 valence electrons. The summed E-state index contributed by atoms with van der Waals surface area (Å²) in [5.74, 6) is 0.798. The molecular weight excluding hydrogens is 302 g/mol. The van der Waals surface area contributed by atoms with Crippen molar-refractivity contribution in [1.82, 2.24) is 4.90 Å². The second kappa shape index (κ2) is 9.58. The van der Waals surface area contributed by atoms with Gasteiger partial charge < -0.3 is 0 Å². The zero-order valence-corrected chi connectivity index (χ0v) is 15.5. The molecule has 2 aromatic rings. The van der Waals surface area contributed by atoms with Crippen molar-refractivity contribution in [2.75, 3.05) is 0 Å². The van der Waals surface area contributed by atoms with Crippen molar-refractivity contribution in [1.29, 1.82) is 0 Å². The average molecular weight is 334 g/mol. The molecule has 0 spiro atoms. The van der Waals surface area contributed by atoms with Gasteiger partial charge in [-0.15, -0.1) is 0 Å². The summed E-state index contributed by atoms with van der Waals surface area (Å²) in [6.07, 6.45) is 11.9. The summed E-state index contributed by atoms with van der Waals surface area (Å²) < 4.78 is 0. The van der Waals surface area contributed by atoms with E-state index in [1.165, 1.54) is 43.2 Å². The number of allylic oxidation sites excluding steroid dienone is 1. The molecule has 0 amide bonds. The molecule has 2 aromatic carbocycles. The minimum Gasteiger partial charge on any atom is -0.289 e. The zero-order valence-electron chi connectivity index (χ0n) is 15.5. The van der Waals surface area contributed by atoms with Crippen molar-refractivity contribution in [3.05, 3.63) is 83.9 Å². The van der Waals surface area contributed by atoms with Gasteiger partial charge in [0.15, 0.2) is 0 Å². The van der Waals surface area contributed by atoms with Gasteiger partial charge in [-0.1, -0.05) is 92.1 Å². The van der Waals surface area contributed by atoms with E-state index in [4.69, 9.17) is 0 Å². The van der Waals surface area contributed by atoms with Crippen LogP contribution in [0.1, 0.15) is 50.2 Å². The maximum absolute atomic E-state index is 2.57. The fourth-order valence-electron chi connectivity index (χ4n) is 3.75. The summed E-state index contributed by atoms with van der Waals surface area (Å²) >= 11 is 0. The van der Waals surface area contributed by atoms with Gasteiger partial charge in [-0.05, 0) is 36.8 Å². The van der Waals surface area contributed by atoms with Crippen molar-refractivity contribution in [2.24, 2.45) is 5.92 Å². The molecule has 25 heavy (non-hydrogen) atoms. The summed E-state index contributed by atoms with van der Waals surface area (Å²) in [6, 6.07) is 22.1. The van der Waals surface area contributed by atoms with E-state index in [9.17, 15) is 0 Å². The molecular formula is C24H31N. The Morgan fingerprint density at radius 3 is 1.88 bits per heavy atom. The third-order valence-electron chi connectivity index (χ3n) is 5.34. The number of benzene rings is 2. The van der Waals surface area contributed by atoms with Crippen LogP contribution in [0.3, 0.4) is 0 Å². The van der Waals surface area contributed by atoms with Crippen molar-refractivity contribution in [3.63, 3.8) is 0 Å². The monoisotopic (exact) mass is 333 g/mol. The van der Waals surface area contributed by atoms with E-state index in [-0.39, 0.29) is 0 Å². The smallest absolute Gasteiger partial charge is 0.0257 e. The fraction of sp³-hybridized carbons (Fsp3) is 0.417. The van der Waals surface area contributed by atoms with Crippen LogP contribution in [0.5, 0.6) is 0 Å². The first kappa shape index (κ1) is 17.9. The molecule has 0 bridgehead atoms. The van der Waals surface area contributed by atoms with E-state index in [2.05, 4.69) is 84.6 Å². The van der Waals surface area contributed by atoms with Crippen LogP contribution < -0.4 is 0 Å². The van der Waals surface area contributed by atoms with Gasteiger partial charge in [0.25, 0.3) is 0 Å².